The highest BCUT2D eigenvalue weighted by Crippen LogP contribution is 2.42. The molecule has 6 nitrogen and oxygen atoms in total. The molecule has 0 N–H and O–H groups in total. The molecule has 2 aromatic heterocycles. The second-order valence-electron chi connectivity index (χ2n) is 6.97. The number of pyridine rings is 2. The van der Waals surface area contributed by atoms with Crippen molar-refractivity contribution in [3.63, 3.8) is 0 Å². The fourth-order valence-corrected chi connectivity index (χ4v) is 3.83. The van der Waals surface area contributed by atoms with Crippen molar-refractivity contribution >= 4 is 5.91 Å². The first kappa shape index (κ1) is 17.1. The van der Waals surface area contributed by atoms with E-state index in [0.29, 0.717) is 37.9 Å². The smallest absolute Gasteiger partial charge is 0.272 e. The van der Waals surface area contributed by atoms with Gasteiger partial charge in [0.05, 0.1) is 19.7 Å². The summed E-state index contributed by atoms with van der Waals surface area (Å²) in [7, 11) is 0. The van der Waals surface area contributed by atoms with Crippen LogP contribution in [0.2, 0.25) is 0 Å². The van der Waals surface area contributed by atoms with Gasteiger partial charge in [-0.25, -0.2) is 0 Å². The summed E-state index contributed by atoms with van der Waals surface area (Å²) >= 11 is 0. The zero-order valence-corrected chi connectivity index (χ0v) is 14.7. The van der Waals surface area contributed by atoms with Crippen LogP contribution in [0.15, 0.2) is 48.9 Å². The van der Waals surface area contributed by atoms with E-state index in [1.165, 1.54) is 0 Å². The zero-order valence-electron chi connectivity index (χ0n) is 14.7. The van der Waals surface area contributed by atoms with E-state index in [9.17, 15) is 4.79 Å². The van der Waals surface area contributed by atoms with E-state index in [1.54, 1.807) is 24.7 Å². The first-order valence-corrected chi connectivity index (χ1v) is 9.08. The monoisotopic (exact) mass is 353 g/mol. The molecule has 2 aromatic rings. The lowest BCUT2D eigenvalue weighted by atomic mass is 9.79. The quantitative estimate of drug-likeness (QED) is 0.746. The van der Waals surface area contributed by atoms with Crippen LogP contribution in [0.4, 0.5) is 0 Å². The van der Waals surface area contributed by atoms with E-state index in [2.05, 4.69) is 9.97 Å². The number of hydrogen-bond donors (Lipinski definition) is 0. The molecule has 2 fully saturated rings. The van der Waals surface area contributed by atoms with Crippen molar-refractivity contribution in [3.8, 4) is 0 Å². The summed E-state index contributed by atoms with van der Waals surface area (Å²) < 4.78 is 11.9. The van der Waals surface area contributed by atoms with Gasteiger partial charge in [-0.3, -0.25) is 14.8 Å². The first-order chi connectivity index (χ1) is 12.8. The van der Waals surface area contributed by atoms with Crippen LogP contribution in [0.5, 0.6) is 0 Å². The Balaban J connectivity index is 1.26. The van der Waals surface area contributed by atoms with Crippen molar-refractivity contribution < 1.29 is 14.3 Å². The van der Waals surface area contributed by atoms with Crippen LogP contribution in [0, 0.1) is 5.92 Å². The molecule has 136 valence electrons. The minimum absolute atomic E-state index is 0.0144. The van der Waals surface area contributed by atoms with Gasteiger partial charge in [0.1, 0.15) is 11.3 Å². The summed E-state index contributed by atoms with van der Waals surface area (Å²) in [4.78, 5) is 22.5. The highest BCUT2D eigenvalue weighted by Gasteiger charge is 2.54. The molecule has 4 rings (SSSR count). The maximum atomic E-state index is 12.5. The van der Waals surface area contributed by atoms with E-state index in [1.807, 2.05) is 29.2 Å². The normalized spacial score (nSPS) is 20.9. The fraction of sp³-hybridized carbons (Fsp3) is 0.450. The van der Waals surface area contributed by atoms with Gasteiger partial charge < -0.3 is 14.4 Å². The lowest BCUT2D eigenvalue weighted by Crippen LogP contribution is -2.66. The van der Waals surface area contributed by atoms with Gasteiger partial charge in [0.15, 0.2) is 0 Å². The number of carbonyl (C=O) groups excluding carboxylic acids is 1. The van der Waals surface area contributed by atoms with Crippen molar-refractivity contribution in [2.45, 2.75) is 25.0 Å². The molecule has 4 heterocycles. The van der Waals surface area contributed by atoms with E-state index in [4.69, 9.17) is 9.47 Å². The molecule has 2 saturated heterocycles. The molecule has 1 amide bonds. The molecule has 6 heteroatoms. The minimum Gasteiger partial charge on any atom is -0.377 e. The third kappa shape index (κ3) is 3.48. The molecule has 1 atom stereocenters. The highest BCUT2D eigenvalue weighted by molar-refractivity contribution is 5.93. The molecule has 0 unspecified atom stereocenters. The van der Waals surface area contributed by atoms with E-state index < -0.39 is 0 Å². The molecular weight excluding hydrogens is 330 g/mol. The van der Waals surface area contributed by atoms with Gasteiger partial charge in [0.25, 0.3) is 5.91 Å². The van der Waals surface area contributed by atoms with Crippen LogP contribution in [-0.2, 0) is 16.1 Å². The van der Waals surface area contributed by atoms with E-state index in [-0.39, 0.29) is 11.5 Å². The molecular formula is C20H23N3O3. The summed E-state index contributed by atoms with van der Waals surface area (Å²) in [6.45, 7) is 3.37. The summed E-state index contributed by atoms with van der Waals surface area (Å²) in [5, 5.41) is 0. The van der Waals surface area contributed by atoms with Crippen molar-refractivity contribution in [2.75, 3.05) is 26.3 Å². The Bertz CT molecular complexity index is 732. The number of aromatic nitrogens is 2. The molecule has 2 aliphatic heterocycles. The van der Waals surface area contributed by atoms with Gasteiger partial charge in [0, 0.05) is 31.8 Å². The molecule has 26 heavy (non-hydrogen) atoms. The van der Waals surface area contributed by atoms with Crippen molar-refractivity contribution in [3.05, 3.63) is 60.2 Å². The molecule has 1 spiro atoms. The number of ether oxygens (including phenoxy) is 2. The number of amides is 1. The van der Waals surface area contributed by atoms with Crippen molar-refractivity contribution in [1.29, 1.82) is 0 Å². The van der Waals surface area contributed by atoms with Gasteiger partial charge in [-0.2, -0.15) is 0 Å². The summed E-state index contributed by atoms with van der Waals surface area (Å²) in [5.41, 5.74) is 1.44. The van der Waals surface area contributed by atoms with Crippen LogP contribution >= 0.6 is 0 Å². The van der Waals surface area contributed by atoms with Crippen molar-refractivity contribution in [2.24, 2.45) is 5.92 Å². The Kier molecular flexibility index (Phi) is 4.95. The fourth-order valence-electron chi connectivity index (χ4n) is 3.83. The van der Waals surface area contributed by atoms with Crippen LogP contribution < -0.4 is 0 Å². The molecule has 0 bridgehead atoms. The Morgan fingerprint density at radius 2 is 2.08 bits per heavy atom. The molecule has 0 aliphatic carbocycles. The standard InChI is InChI=1S/C20H23N3O3/c24-19(18-3-1-2-8-22-18)23-14-20(15-23)17(7-12-26-20)6-11-25-13-16-4-9-21-10-5-16/h1-5,8-10,17H,6-7,11-15H2/t17-/m0/s1. The maximum absolute atomic E-state index is 12.5. The minimum atomic E-state index is -0.190. The maximum Gasteiger partial charge on any atom is 0.272 e. The molecule has 2 aliphatic rings. The topological polar surface area (TPSA) is 64.6 Å². The number of nitrogens with zero attached hydrogens (tertiary/aromatic N) is 3. The van der Waals surface area contributed by atoms with Crippen LogP contribution in [0.3, 0.4) is 0 Å². The SMILES string of the molecule is O=C(c1ccccn1)N1CC2(C1)OCC[C@@H]2CCOCc1ccncc1. The lowest BCUT2D eigenvalue weighted by molar-refractivity contribution is -0.120. The first-order valence-electron chi connectivity index (χ1n) is 9.08. The highest BCUT2D eigenvalue weighted by atomic mass is 16.5. The lowest BCUT2D eigenvalue weighted by Gasteiger charge is -2.50. The Morgan fingerprint density at radius 3 is 2.85 bits per heavy atom. The van der Waals surface area contributed by atoms with Gasteiger partial charge in [-0.15, -0.1) is 0 Å². The number of hydrogen-bond acceptors (Lipinski definition) is 5. The van der Waals surface area contributed by atoms with Gasteiger partial charge in [0.2, 0.25) is 0 Å². The Morgan fingerprint density at radius 1 is 1.23 bits per heavy atom. The Hall–Kier alpha value is -2.31. The second-order valence-corrected chi connectivity index (χ2v) is 6.97. The predicted octanol–water partition coefficient (Wildman–Crippen LogP) is 2.31. The average Bonchev–Trinajstić information content (AvgIpc) is 3.09. The van der Waals surface area contributed by atoms with Crippen LogP contribution in [-0.4, -0.2) is 52.7 Å². The molecule has 0 saturated carbocycles. The van der Waals surface area contributed by atoms with Crippen LogP contribution in [0.1, 0.15) is 28.9 Å². The van der Waals surface area contributed by atoms with E-state index in [0.717, 1.165) is 25.0 Å². The third-order valence-electron chi connectivity index (χ3n) is 5.32. The zero-order chi connectivity index (χ0) is 17.8. The third-order valence-corrected chi connectivity index (χ3v) is 5.32. The molecule has 0 radical (unpaired) electrons. The largest absolute Gasteiger partial charge is 0.377 e. The van der Waals surface area contributed by atoms with Crippen LogP contribution in [0.25, 0.3) is 0 Å². The summed E-state index contributed by atoms with van der Waals surface area (Å²) in [5.74, 6) is 0.423. The summed E-state index contributed by atoms with van der Waals surface area (Å²) in [6, 6.07) is 9.34. The number of likely N-dealkylation sites (tertiary alicyclic amines) is 1. The average molecular weight is 353 g/mol. The number of rotatable bonds is 6. The summed E-state index contributed by atoms with van der Waals surface area (Å²) in [6.07, 6.45) is 7.19. The molecule has 0 aromatic carbocycles. The van der Waals surface area contributed by atoms with Gasteiger partial charge >= 0.3 is 0 Å². The van der Waals surface area contributed by atoms with E-state index >= 15 is 0 Å². The van der Waals surface area contributed by atoms with Gasteiger partial charge in [-0.05, 0) is 48.6 Å². The second kappa shape index (κ2) is 7.51. The van der Waals surface area contributed by atoms with Gasteiger partial charge in [-0.1, -0.05) is 6.07 Å². The predicted molar refractivity (Wildman–Crippen MR) is 95.4 cm³/mol. The number of carbonyl (C=O) groups is 1. The van der Waals surface area contributed by atoms with Crippen molar-refractivity contribution in [1.82, 2.24) is 14.9 Å². The Labute approximate surface area is 153 Å².